The average Bonchev–Trinajstić information content (AvgIpc) is 2.04. The third-order valence-corrected chi connectivity index (χ3v) is 2.96. The van der Waals surface area contributed by atoms with Crippen molar-refractivity contribution in [2.45, 2.75) is 46.1 Å². The highest BCUT2D eigenvalue weighted by Gasteiger charge is 2.34. The van der Waals surface area contributed by atoms with E-state index in [9.17, 15) is 0 Å². The van der Waals surface area contributed by atoms with Crippen LogP contribution in [-0.2, 0) is 0 Å². The van der Waals surface area contributed by atoms with E-state index in [1.54, 1.807) is 0 Å². The molecule has 0 aromatic carbocycles. The monoisotopic (exact) mass is 184 g/mol. The fraction of sp³-hybridized carbons (Fsp3) is 1.00. The normalized spacial score (nSPS) is 32.5. The summed E-state index contributed by atoms with van der Waals surface area (Å²) in [6.07, 6.45) is 2.48. The van der Waals surface area contributed by atoms with Crippen LogP contribution in [0.3, 0.4) is 0 Å². The highest BCUT2D eigenvalue weighted by molar-refractivity contribution is 4.91. The lowest BCUT2D eigenvalue weighted by Crippen LogP contribution is -2.41. The van der Waals surface area contributed by atoms with Crippen molar-refractivity contribution in [3.63, 3.8) is 0 Å². The smallest absolute Gasteiger partial charge is 0.0130 e. The molecule has 0 aromatic heterocycles. The molecule has 3 N–H and O–H groups in total. The molecule has 0 radical (unpaired) electrons. The highest BCUT2D eigenvalue weighted by Crippen LogP contribution is 2.36. The van der Waals surface area contributed by atoms with Crippen molar-refractivity contribution in [1.82, 2.24) is 5.32 Å². The molecule has 0 amide bonds. The summed E-state index contributed by atoms with van der Waals surface area (Å²) >= 11 is 0. The molecule has 0 bridgehead atoms. The minimum atomic E-state index is 0.271. The van der Waals surface area contributed by atoms with Gasteiger partial charge in [-0.1, -0.05) is 13.8 Å². The van der Waals surface area contributed by atoms with E-state index in [1.165, 1.54) is 12.8 Å². The van der Waals surface area contributed by atoms with Crippen LogP contribution in [0.5, 0.6) is 0 Å². The fourth-order valence-electron chi connectivity index (χ4n) is 2.77. The minimum absolute atomic E-state index is 0.271. The fourth-order valence-corrected chi connectivity index (χ4v) is 2.77. The summed E-state index contributed by atoms with van der Waals surface area (Å²) in [4.78, 5) is 0. The van der Waals surface area contributed by atoms with Crippen LogP contribution in [0.25, 0.3) is 0 Å². The van der Waals surface area contributed by atoms with Gasteiger partial charge in [-0.25, -0.2) is 0 Å². The molecular weight excluding hydrogens is 160 g/mol. The maximum absolute atomic E-state index is 5.74. The van der Waals surface area contributed by atoms with Crippen molar-refractivity contribution in [3.05, 3.63) is 0 Å². The Bertz CT molecular complexity index is 173. The Hall–Kier alpha value is -0.0800. The second-order valence-electron chi connectivity index (χ2n) is 5.91. The zero-order valence-corrected chi connectivity index (χ0v) is 9.48. The average molecular weight is 184 g/mol. The van der Waals surface area contributed by atoms with Crippen LogP contribution in [0.1, 0.15) is 40.5 Å². The number of hydrogen-bond acceptors (Lipinski definition) is 2. The first-order valence-electron chi connectivity index (χ1n) is 5.30. The zero-order valence-electron chi connectivity index (χ0n) is 9.48. The lowest BCUT2D eigenvalue weighted by Gasteiger charge is -2.32. The van der Waals surface area contributed by atoms with Gasteiger partial charge in [0, 0.05) is 5.54 Å². The first-order chi connectivity index (χ1) is 5.85. The van der Waals surface area contributed by atoms with E-state index in [0.717, 1.165) is 13.1 Å². The third-order valence-electron chi connectivity index (χ3n) is 2.96. The summed E-state index contributed by atoms with van der Waals surface area (Å²) in [6.45, 7) is 11.2. The van der Waals surface area contributed by atoms with Gasteiger partial charge in [0.05, 0.1) is 0 Å². The first-order valence-corrected chi connectivity index (χ1v) is 5.30. The van der Waals surface area contributed by atoms with Crippen LogP contribution < -0.4 is 11.1 Å². The lowest BCUT2D eigenvalue weighted by molar-refractivity contribution is 0.232. The Labute approximate surface area is 82.3 Å². The molecular formula is C11H24N2. The molecule has 1 aliphatic heterocycles. The van der Waals surface area contributed by atoms with E-state index in [-0.39, 0.29) is 5.54 Å². The molecule has 78 valence electrons. The van der Waals surface area contributed by atoms with Crippen LogP contribution in [-0.4, -0.2) is 18.6 Å². The summed E-state index contributed by atoms with van der Waals surface area (Å²) < 4.78 is 0. The standard InChI is InChI=1S/C11H24N2/c1-10(2)5-9(6-12)7-13-11(3,4)8-10/h9,13H,5-8,12H2,1-4H3. The first kappa shape index (κ1) is 11.0. The van der Waals surface area contributed by atoms with Gasteiger partial charge in [-0.3, -0.25) is 0 Å². The van der Waals surface area contributed by atoms with Gasteiger partial charge >= 0.3 is 0 Å². The van der Waals surface area contributed by atoms with E-state index >= 15 is 0 Å². The minimum Gasteiger partial charge on any atom is -0.330 e. The van der Waals surface area contributed by atoms with Gasteiger partial charge in [-0.15, -0.1) is 0 Å². The molecule has 2 nitrogen and oxygen atoms in total. The SMILES string of the molecule is CC1(C)CC(CN)CNC(C)(C)C1. The molecule has 0 aliphatic carbocycles. The van der Waals surface area contributed by atoms with Crippen molar-refractivity contribution >= 4 is 0 Å². The molecule has 0 spiro atoms. The molecule has 1 rings (SSSR count). The zero-order chi connectivity index (χ0) is 10.1. The van der Waals surface area contributed by atoms with Crippen LogP contribution >= 0.6 is 0 Å². The van der Waals surface area contributed by atoms with Gasteiger partial charge in [0.2, 0.25) is 0 Å². The molecule has 1 atom stereocenters. The summed E-state index contributed by atoms with van der Waals surface area (Å²) in [5.41, 5.74) is 6.44. The predicted molar refractivity (Wildman–Crippen MR) is 57.6 cm³/mol. The molecule has 1 saturated heterocycles. The number of nitrogens with two attached hydrogens (primary N) is 1. The number of rotatable bonds is 1. The molecule has 2 heteroatoms. The Morgan fingerprint density at radius 3 is 2.46 bits per heavy atom. The van der Waals surface area contributed by atoms with Gasteiger partial charge in [-0.05, 0) is 51.1 Å². The van der Waals surface area contributed by atoms with Gasteiger partial charge in [0.15, 0.2) is 0 Å². The quantitative estimate of drug-likeness (QED) is 0.651. The molecule has 0 saturated carbocycles. The molecule has 1 aliphatic rings. The van der Waals surface area contributed by atoms with E-state index in [2.05, 4.69) is 33.0 Å². The maximum atomic E-state index is 5.74. The van der Waals surface area contributed by atoms with E-state index < -0.39 is 0 Å². The van der Waals surface area contributed by atoms with E-state index in [4.69, 9.17) is 5.73 Å². The molecule has 1 heterocycles. The van der Waals surface area contributed by atoms with Gasteiger partial charge < -0.3 is 11.1 Å². The highest BCUT2D eigenvalue weighted by atomic mass is 15.0. The van der Waals surface area contributed by atoms with Crippen molar-refractivity contribution in [3.8, 4) is 0 Å². The van der Waals surface area contributed by atoms with Crippen LogP contribution in [0, 0.1) is 11.3 Å². The van der Waals surface area contributed by atoms with E-state index in [1.807, 2.05) is 0 Å². The van der Waals surface area contributed by atoms with Crippen molar-refractivity contribution < 1.29 is 0 Å². The second kappa shape index (κ2) is 3.58. The molecule has 1 unspecified atom stereocenters. The lowest BCUT2D eigenvalue weighted by atomic mass is 9.76. The molecule has 0 aromatic rings. The molecule has 13 heavy (non-hydrogen) atoms. The maximum Gasteiger partial charge on any atom is 0.0130 e. The molecule has 1 fully saturated rings. The van der Waals surface area contributed by atoms with Crippen molar-refractivity contribution in [1.29, 1.82) is 0 Å². The Morgan fingerprint density at radius 2 is 1.92 bits per heavy atom. The van der Waals surface area contributed by atoms with Crippen LogP contribution in [0.15, 0.2) is 0 Å². The Kier molecular flexibility index (Phi) is 3.03. The van der Waals surface area contributed by atoms with Crippen LogP contribution in [0.2, 0.25) is 0 Å². The van der Waals surface area contributed by atoms with E-state index in [0.29, 0.717) is 11.3 Å². The summed E-state index contributed by atoms with van der Waals surface area (Å²) in [6, 6.07) is 0. The third kappa shape index (κ3) is 3.28. The predicted octanol–water partition coefficient (Wildman–Crippen LogP) is 1.75. The Balaban J connectivity index is 2.69. The van der Waals surface area contributed by atoms with Crippen molar-refractivity contribution in [2.24, 2.45) is 17.1 Å². The summed E-state index contributed by atoms with van der Waals surface area (Å²) in [7, 11) is 0. The summed E-state index contributed by atoms with van der Waals surface area (Å²) in [5.74, 6) is 0.650. The number of hydrogen-bond donors (Lipinski definition) is 2. The topological polar surface area (TPSA) is 38.0 Å². The van der Waals surface area contributed by atoms with Crippen molar-refractivity contribution in [2.75, 3.05) is 13.1 Å². The second-order valence-corrected chi connectivity index (χ2v) is 5.91. The van der Waals surface area contributed by atoms with Gasteiger partial charge in [0.25, 0.3) is 0 Å². The number of nitrogens with one attached hydrogen (secondary N) is 1. The largest absolute Gasteiger partial charge is 0.330 e. The van der Waals surface area contributed by atoms with Gasteiger partial charge in [-0.2, -0.15) is 0 Å². The van der Waals surface area contributed by atoms with Gasteiger partial charge in [0.1, 0.15) is 0 Å². The summed E-state index contributed by atoms with van der Waals surface area (Å²) in [5, 5.41) is 3.60. The Morgan fingerprint density at radius 1 is 1.31 bits per heavy atom. The van der Waals surface area contributed by atoms with Crippen LogP contribution in [0.4, 0.5) is 0 Å².